The molecule has 0 saturated carbocycles. The summed E-state index contributed by atoms with van der Waals surface area (Å²) in [6.45, 7) is 1.60. The summed E-state index contributed by atoms with van der Waals surface area (Å²) >= 11 is 0. The lowest BCUT2D eigenvalue weighted by Crippen LogP contribution is -2.02. The minimum Gasteiger partial charge on any atom is -0.481 e. The molecule has 0 heterocycles. The van der Waals surface area contributed by atoms with Crippen LogP contribution in [-0.4, -0.2) is 11.1 Å². The van der Waals surface area contributed by atoms with Crippen LogP contribution in [0.2, 0.25) is 0 Å². The van der Waals surface area contributed by atoms with E-state index in [9.17, 15) is 13.6 Å². The normalized spacial score (nSPS) is 10.7. The minimum absolute atomic E-state index is 0.0289. The van der Waals surface area contributed by atoms with E-state index in [2.05, 4.69) is 0 Å². The Bertz CT molecular complexity index is 362. The van der Waals surface area contributed by atoms with Crippen molar-refractivity contribution in [2.24, 2.45) is 0 Å². The molecule has 0 aliphatic rings. The summed E-state index contributed by atoms with van der Waals surface area (Å²) in [5.74, 6) is -0.975. The fraction of sp³-hybridized carbons (Fsp3) is 0.364. The van der Waals surface area contributed by atoms with Gasteiger partial charge in [0, 0.05) is 12.0 Å². The molecule has 1 rings (SSSR count). The maximum Gasteiger partial charge on any atom is 0.303 e. The first-order valence-electron chi connectivity index (χ1n) is 4.60. The molecule has 1 aromatic rings. The van der Waals surface area contributed by atoms with Gasteiger partial charge in [0.05, 0.1) is 0 Å². The predicted molar refractivity (Wildman–Crippen MR) is 52.1 cm³/mol. The Labute approximate surface area is 86.5 Å². The van der Waals surface area contributed by atoms with Gasteiger partial charge in [-0.05, 0) is 24.5 Å². The van der Waals surface area contributed by atoms with Crippen molar-refractivity contribution in [2.75, 3.05) is 0 Å². The molecule has 0 spiro atoms. The maximum atomic E-state index is 12.7. The fourth-order valence-corrected chi connectivity index (χ4v) is 1.51. The molecule has 0 unspecified atom stereocenters. The summed E-state index contributed by atoms with van der Waals surface area (Å²) in [7, 11) is 0. The average Bonchev–Trinajstić information content (AvgIpc) is 2.13. The SMILES string of the molecule is Cc1cccc(CCC(=O)O)c1C(F)F. The molecule has 0 radical (unpaired) electrons. The predicted octanol–water partition coefficient (Wildman–Crippen LogP) is 2.95. The van der Waals surface area contributed by atoms with Gasteiger partial charge in [-0.3, -0.25) is 4.79 Å². The topological polar surface area (TPSA) is 37.3 Å². The molecular formula is C11H12F2O2. The number of hydrogen-bond donors (Lipinski definition) is 1. The quantitative estimate of drug-likeness (QED) is 0.836. The standard InChI is InChI=1S/C11H12F2O2/c1-7-3-2-4-8(5-6-9(14)15)10(7)11(12)13/h2-4,11H,5-6H2,1H3,(H,14,15). The van der Waals surface area contributed by atoms with Crippen molar-refractivity contribution in [1.82, 2.24) is 0 Å². The van der Waals surface area contributed by atoms with E-state index in [0.29, 0.717) is 11.1 Å². The zero-order valence-corrected chi connectivity index (χ0v) is 8.34. The molecule has 0 amide bonds. The largest absolute Gasteiger partial charge is 0.481 e. The fourth-order valence-electron chi connectivity index (χ4n) is 1.51. The Morgan fingerprint density at radius 2 is 2.13 bits per heavy atom. The molecule has 0 aliphatic heterocycles. The lowest BCUT2D eigenvalue weighted by Gasteiger charge is -2.10. The Balaban J connectivity index is 2.95. The van der Waals surface area contributed by atoms with E-state index in [4.69, 9.17) is 5.11 Å². The minimum atomic E-state index is -2.55. The highest BCUT2D eigenvalue weighted by Gasteiger charge is 2.15. The van der Waals surface area contributed by atoms with Gasteiger partial charge in [0.1, 0.15) is 0 Å². The molecule has 4 heteroatoms. The van der Waals surface area contributed by atoms with Crippen LogP contribution in [0.15, 0.2) is 18.2 Å². The Kier molecular flexibility index (Phi) is 3.77. The van der Waals surface area contributed by atoms with E-state index in [1.54, 1.807) is 25.1 Å². The van der Waals surface area contributed by atoms with Crippen molar-refractivity contribution < 1.29 is 18.7 Å². The molecule has 2 nitrogen and oxygen atoms in total. The average molecular weight is 214 g/mol. The number of benzene rings is 1. The van der Waals surface area contributed by atoms with Crippen LogP contribution >= 0.6 is 0 Å². The smallest absolute Gasteiger partial charge is 0.303 e. The zero-order valence-electron chi connectivity index (χ0n) is 8.34. The molecule has 15 heavy (non-hydrogen) atoms. The maximum absolute atomic E-state index is 12.7. The number of halogens is 2. The van der Waals surface area contributed by atoms with Crippen LogP contribution < -0.4 is 0 Å². The number of hydrogen-bond acceptors (Lipinski definition) is 1. The van der Waals surface area contributed by atoms with Gasteiger partial charge in [0.25, 0.3) is 6.43 Å². The molecule has 1 aromatic carbocycles. The van der Waals surface area contributed by atoms with Gasteiger partial charge in [-0.15, -0.1) is 0 Å². The zero-order chi connectivity index (χ0) is 11.4. The van der Waals surface area contributed by atoms with Gasteiger partial charge in [0.2, 0.25) is 0 Å². The van der Waals surface area contributed by atoms with Crippen LogP contribution in [0.4, 0.5) is 8.78 Å². The first-order chi connectivity index (χ1) is 7.02. The van der Waals surface area contributed by atoms with Crippen molar-refractivity contribution in [2.45, 2.75) is 26.2 Å². The lowest BCUT2D eigenvalue weighted by atomic mass is 9.99. The Morgan fingerprint density at radius 1 is 1.47 bits per heavy atom. The molecule has 82 valence electrons. The van der Waals surface area contributed by atoms with Gasteiger partial charge < -0.3 is 5.11 Å². The summed E-state index contributed by atoms with van der Waals surface area (Å²) < 4.78 is 25.3. The van der Waals surface area contributed by atoms with Crippen LogP contribution in [0.1, 0.15) is 29.5 Å². The monoisotopic (exact) mass is 214 g/mol. The number of rotatable bonds is 4. The number of alkyl halides is 2. The van der Waals surface area contributed by atoms with Crippen molar-refractivity contribution >= 4 is 5.97 Å². The van der Waals surface area contributed by atoms with Gasteiger partial charge >= 0.3 is 5.97 Å². The van der Waals surface area contributed by atoms with E-state index in [-0.39, 0.29) is 18.4 Å². The number of aryl methyl sites for hydroxylation is 2. The van der Waals surface area contributed by atoms with Gasteiger partial charge in [-0.2, -0.15) is 0 Å². The van der Waals surface area contributed by atoms with Crippen LogP contribution in [0.5, 0.6) is 0 Å². The summed E-state index contributed by atoms with van der Waals surface area (Å²) in [5.41, 5.74) is 0.902. The molecule has 0 bridgehead atoms. The van der Waals surface area contributed by atoms with E-state index in [1.807, 2.05) is 0 Å². The number of carbonyl (C=O) groups is 1. The number of carboxylic acid groups (broad SMARTS) is 1. The summed E-state index contributed by atoms with van der Waals surface area (Å²) in [5, 5.41) is 8.49. The second-order valence-electron chi connectivity index (χ2n) is 3.34. The molecule has 0 atom stereocenters. The molecule has 0 saturated heterocycles. The lowest BCUT2D eigenvalue weighted by molar-refractivity contribution is -0.136. The second-order valence-corrected chi connectivity index (χ2v) is 3.34. The third-order valence-electron chi connectivity index (χ3n) is 2.24. The van der Waals surface area contributed by atoms with Crippen molar-refractivity contribution in [3.63, 3.8) is 0 Å². The Hall–Kier alpha value is -1.45. The Morgan fingerprint density at radius 3 is 2.67 bits per heavy atom. The van der Waals surface area contributed by atoms with Crippen LogP contribution in [0, 0.1) is 6.92 Å². The highest BCUT2D eigenvalue weighted by Crippen LogP contribution is 2.27. The van der Waals surface area contributed by atoms with Crippen LogP contribution in [0.25, 0.3) is 0 Å². The van der Waals surface area contributed by atoms with E-state index in [1.165, 1.54) is 0 Å². The molecular weight excluding hydrogens is 202 g/mol. The second kappa shape index (κ2) is 4.87. The third kappa shape index (κ3) is 3.01. The summed E-state index contributed by atoms with van der Waals surface area (Å²) in [6.07, 6.45) is -2.52. The van der Waals surface area contributed by atoms with Gasteiger partial charge in [-0.1, -0.05) is 18.2 Å². The van der Waals surface area contributed by atoms with Crippen molar-refractivity contribution in [3.8, 4) is 0 Å². The molecule has 1 N–H and O–H groups in total. The van der Waals surface area contributed by atoms with E-state index < -0.39 is 12.4 Å². The molecule has 0 aliphatic carbocycles. The molecule has 0 fully saturated rings. The van der Waals surface area contributed by atoms with E-state index >= 15 is 0 Å². The van der Waals surface area contributed by atoms with Crippen LogP contribution in [-0.2, 0) is 11.2 Å². The van der Waals surface area contributed by atoms with Crippen LogP contribution in [0.3, 0.4) is 0 Å². The molecule has 0 aromatic heterocycles. The van der Waals surface area contributed by atoms with Gasteiger partial charge in [0.15, 0.2) is 0 Å². The highest BCUT2D eigenvalue weighted by molar-refractivity contribution is 5.67. The van der Waals surface area contributed by atoms with Gasteiger partial charge in [-0.25, -0.2) is 8.78 Å². The summed E-state index contributed by atoms with van der Waals surface area (Å²) in [4.78, 5) is 10.4. The summed E-state index contributed by atoms with van der Waals surface area (Å²) in [6, 6.07) is 4.82. The van der Waals surface area contributed by atoms with E-state index in [0.717, 1.165) is 0 Å². The highest BCUT2D eigenvalue weighted by atomic mass is 19.3. The number of carboxylic acids is 1. The van der Waals surface area contributed by atoms with Crippen molar-refractivity contribution in [1.29, 1.82) is 0 Å². The third-order valence-corrected chi connectivity index (χ3v) is 2.24. The van der Waals surface area contributed by atoms with Crippen molar-refractivity contribution in [3.05, 3.63) is 34.9 Å². The number of aliphatic carboxylic acids is 1. The first-order valence-corrected chi connectivity index (χ1v) is 4.60. The first kappa shape index (κ1) is 11.6.